The molecule has 0 saturated carbocycles. The van der Waals surface area contributed by atoms with Gasteiger partial charge in [0.1, 0.15) is 17.8 Å². The van der Waals surface area contributed by atoms with Gasteiger partial charge in [0.15, 0.2) is 0 Å². The molecule has 0 amide bonds. The summed E-state index contributed by atoms with van der Waals surface area (Å²) >= 11 is 0. The minimum Gasteiger partial charge on any atom is -0.481 e. The van der Waals surface area contributed by atoms with Crippen LogP contribution in [0.2, 0.25) is 0 Å². The van der Waals surface area contributed by atoms with Gasteiger partial charge in [0.05, 0.1) is 25.0 Å². The molecule has 0 bridgehead atoms. The molecule has 3 aromatic heterocycles. The first-order chi connectivity index (χ1) is 12.7. The Morgan fingerprint density at radius 2 is 1.88 bits per heavy atom. The summed E-state index contributed by atoms with van der Waals surface area (Å²) in [4.78, 5) is 8.37. The van der Waals surface area contributed by atoms with E-state index < -0.39 is 0 Å². The van der Waals surface area contributed by atoms with Crippen molar-refractivity contribution in [2.24, 2.45) is 0 Å². The van der Waals surface area contributed by atoms with Crippen LogP contribution in [0.1, 0.15) is 11.5 Å². The average molecular weight is 347 g/mol. The quantitative estimate of drug-likeness (QED) is 0.551. The van der Waals surface area contributed by atoms with E-state index in [1.807, 2.05) is 54.2 Å². The van der Waals surface area contributed by atoms with Gasteiger partial charge in [-0.15, -0.1) is 0 Å². The van der Waals surface area contributed by atoms with Crippen molar-refractivity contribution >= 4 is 0 Å². The second kappa shape index (κ2) is 6.79. The topological polar surface area (TPSA) is 78.9 Å². The molecule has 4 rings (SSSR count). The Morgan fingerprint density at radius 3 is 2.65 bits per heavy atom. The molecule has 0 unspecified atom stereocenters. The van der Waals surface area contributed by atoms with Gasteiger partial charge in [-0.05, 0) is 19.1 Å². The molecule has 7 nitrogen and oxygen atoms in total. The largest absolute Gasteiger partial charge is 0.481 e. The molecule has 1 aromatic carbocycles. The van der Waals surface area contributed by atoms with E-state index in [2.05, 4.69) is 26.3 Å². The minimum atomic E-state index is 0.535. The van der Waals surface area contributed by atoms with E-state index >= 15 is 0 Å². The van der Waals surface area contributed by atoms with Crippen LogP contribution < -0.4 is 4.74 Å². The smallest absolute Gasteiger partial charge is 0.216 e. The summed E-state index contributed by atoms with van der Waals surface area (Å²) in [5, 5.41) is 8.63. The maximum absolute atomic E-state index is 5.17. The summed E-state index contributed by atoms with van der Waals surface area (Å²) in [5.41, 5.74) is 4.52. The molecule has 7 heteroatoms. The molecule has 0 radical (unpaired) electrons. The van der Waals surface area contributed by atoms with Gasteiger partial charge in [-0.25, -0.2) is 9.97 Å². The van der Waals surface area contributed by atoms with Gasteiger partial charge in [-0.2, -0.15) is 5.10 Å². The SMILES string of the molecule is COc1cc(-c2cccc(-c3ccn(Cc4cc(C)on4)n3)c2)ncn1. The molecule has 26 heavy (non-hydrogen) atoms. The van der Waals surface area contributed by atoms with Gasteiger partial charge in [-0.1, -0.05) is 23.4 Å². The minimum absolute atomic E-state index is 0.535. The Hall–Kier alpha value is -3.48. The number of methoxy groups -OCH3 is 1. The lowest BCUT2D eigenvalue weighted by atomic mass is 10.1. The highest BCUT2D eigenvalue weighted by molar-refractivity contribution is 5.69. The number of nitrogens with zero attached hydrogens (tertiary/aromatic N) is 5. The Kier molecular flexibility index (Phi) is 4.18. The molecule has 0 atom stereocenters. The number of ether oxygens (including phenoxy) is 1. The molecule has 0 spiro atoms. The Balaban J connectivity index is 1.60. The first kappa shape index (κ1) is 16.0. The number of aryl methyl sites for hydroxylation is 1. The molecule has 0 fully saturated rings. The fourth-order valence-corrected chi connectivity index (χ4v) is 2.71. The van der Waals surface area contributed by atoms with E-state index in [1.54, 1.807) is 7.11 Å². The van der Waals surface area contributed by atoms with Crippen LogP contribution in [0, 0.1) is 6.92 Å². The highest BCUT2D eigenvalue weighted by atomic mass is 16.5. The van der Waals surface area contributed by atoms with Gasteiger partial charge in [0.25, 0.3) is 0 Å². The van der Waals surface area contributed by atoms with Crippen LogP contribution in [0.25, 0.3) is 22.5 Å². The van der Waals surface area contributed by atoms with E-state index in [9.17, 15) is 0 Å². The third-order valence-electron chi connectivity index (χ3n) is 3.95. The van der Waals surface area contributed by atoms with Crippen molar-refractivity contribution in [3.8, 4) is 28.4 Å². The second-order valence-corrected chi connectivity index (χ2v) is 5.85. The number of hydrogen-bond acceptors (Lipinski definition) is 6. The van der Waals surface area contributed by atoms with Crippen LogP contribution in [0.4, 0.5) is 0 Å². The predicted molar refractivity (Wildman–Crippen MR) is 95.6 cm³/mol. The summed E-state index contributed by atoms with van der Waals surface area (Å²) in [6.07, 6.45) is 3.43. The maximum atomic E-state index is 5.17. The number of aromatic nitrogens is 5. The summed E-state index contributed by atoms with van der Waals surface area (Å²) in [6, 6.07) is 13.8. The normalized spacial score (nSPS) is 10.8. The van der Waals surface area contributed by atoms with Gasteiger partial charge in [-0.3, -0.25) is 4.68 Å². The lowest BCUT2D eigenvalue weighted by Gasteiger charge is -2.05. The molecule has 3 heterocycles. The van der Waals surface area contributed by atoms with Crippen LogP contribution in [0.15, 0.2) is 59.5 Å². The van der Waals surface area contributed by atoms with Crippen LogP contribution >= 0.6 is 0 Å². The number of rotatable bonds is 5. The van der Waals surface area contributed by atoms with Crippen LogP contribution in [-0.4, -0.2) is 32.0 Å². The van der Waals surface area contributed by atoms with E-state index in [1.165, 1.54) is 6.33 Å². The maximum Gasteiger partial charge on any atom is 0.216 e. The van der Waals surface area contributed by atoms with Crippen LogP contribution in [0.3, 0.4) is 0 Å². The summed E-state index contributed by atoms with van der Waals surface area (Å²) in [5.74, 6) is 1.33. The highest BCUT2D eigenvalue weighted by Gasteiger charge is 2.08. The monoisotopic (exact) mass is 347 g/mol. The van der Waals surface area contributed by atoms with Crippen molar-refractivity contribution in [2.45, 2.75) is 13.5 Å². The van der Waals surface area contributed by atoms with E-state index in [0.717, 1.165) is 34.0 Å². The predicted octanol–water partition coefficient (Wildman–Crippen LogP) is 3.36. The van der Waals surface area contributed by atoms with Crippen molar-refractivity contribution in [3.05, 3.63) is 66.4 Å². The van der Waals surface area contributed by atoms with Gasteiger partial charge < -0.3 is 9.26 Å². The van der Waals surface area contributed by atoms with Crippen molar-refractivity contribution in [1.29, 1.82) is 0 Å². The molecule has 130 valence electrons. The van der Waals surface area contributed by atoms with E-state index in [-0.39, 0.29) is 0 Å². The Labute approximate surface area is 150 Å². The zero-order valence-electron chi connectivity index (χ0n) is 14.5. The first-order valence-electron chi connectivity index (χ1n) is 8.14. The van der Waals surface area contributed by atoms with Gasteiger partial charge >= 0.3 is 0 Å². The van der Waals surface area contributed by atoms with Crippen LogP contribution in [0.5, 0.6) is 5.88 Å². The van der Waals surface area contributed by atoms with E-state index in [4.69, 9.17) is 9.26 Å². The summed E-state index contributed by atoms with van der Waals surface area (Å²) in [7, 11) is 1.59. The van der Waals surface area contributed by atoms with E-state index in [0.29, 0.717) is 12.4 Å². The lowest BCUT2D eigenvalue weighted by Crippen LogP contribution is -2.00. The fourth-order valence-electron chi connectivity index (χ4n) is 2.71. The molecule has 0 aliphatic rings. The van der Waals surface area contributed by atoms with Crippen molar-refractivity contribution in [2.75, 3.05) is 7.11 Å². The average Bonchev–Trinajstić information content (AvgIpc) is 3.31. The van der Waals surface area contributed by atoms with Crippen molar-refractivity contribution in [1.82, 2.24) is 24.9 Å². The van der Waals surface area contributed by atoms with Crippen LogP contribution in [-0.2, 0) is 6.54 Å². The van der Waals surface area contributed by atoms with Crippen molar-refractivity contribution < 1.29 is 9.26 Å². The molecule has 0 aliphatic heterocycles. The highest BCUT2D eigenvalue weighted by Crippen LogP contribution is 2.25. The number of benzene rings is 1. The Bertz CT molecular complexity index is 1040. The molecule has 0 saturated heterocycles. The first-order valence-corrected chi connectivity index (χ1v) is 8.14. The third kappa shape index (κ3) is 3.32. The summed E-state index contributed by atoms with van der Waals surface area (Å²) < 4.78 is 12.1. The van der Waals surface area contributed by atoms with Gasteiger partial charge in [0, 0.05) is 29.5 Å². The molecular weight excluding hydrogens is 330 g/mol. The standard InChI is InChI=1S/C19H17N5O2/c1-13-8-16(23-26-13)11-24-7-6-17(22-24)14-4-3-5-15(9-14)18-10-19(25-2)21-12-20-18/h3-10,12H,11H2,1-2H3. The Morgan fingerprint density at radius 1 is 1.04 bits per heavy atom. The fraction of sp³-hybridized carbons (Fsp3) is 0.158. The van der Waals surface area contributed by atoms with Crippen molar-refractivity contribution in [3.63, 3.8) is 0 Å². The lowest BCUT2D eigenvalue weighted by molar-refractivity contribution is 0.388. The molecule has 0 N–H and O–H groups in total. The summed E-state index contributed by atoms with van der Waals surface area (Å²) in [6.45, 7) is 2.44. The second-order valence-electron chi connectivity index (χ2n) is 5.85. The molecule has 4 aromatic rings. The molecular formula is C19H17N5O2. The zero-order valence-corrected chi connectivity index (χ0v) is 14.5. The zero-order chi connectivity index (χ0) is 17.9. The molecule has 0 aliphatic carbocycles. The third-order valence-corrected chi connectivity index (χ3v) is 3.95. The van der Waals surface area contributed by atoms with Gasteiger partial charge in [0.2, 0.25) is 5.88 Å². The number of hydrogen-bond donors (Lipinski definition) is 0.